The van der Waals surface area contributed by atoms with Crippen molar-refractivity contribution < 1.29 is 14.3 Å². The Morgan fingerprint density at radius 2 is 1.89 bits per heavy atom. The lowest BCUT2D eigenvalue weighted by molar-refractivity contribution is -0.133. The van der Waals surface area contributed by atoms with E-state index in [0.717, 1.165) is 60.6 Å². The minimum absolute atomic E-state index is 0.0472. The fourth-order valence-corrected chi connectivity index (χ4v) is 6.62. The van der Waals surface area contributed by atoms with Crippen LogP contribution >= 0.6 is 11.3 Å². The Morgan fingerprint density at radius 3 is 2.77 bits per heavy atom. The maximum Gasteiger partial charge on any atom is 0.259 e. The van der Waals surface area contributed by atoms with Gasteiger partial charge in [0.25, 0.3) is 5.56 Å². The summed E-state index contributed by atoms with van der Waals surface area (Å²) in [5.74, 6) is 2.35. The van der Waals surface area contributed by atoms with Crippen molar-refractivity contribution in [3.8, 4) is 11.5 Å². The molecule has 35 heavy (non-hydrogen) atoms. The lowest BCUT2D eigenvalue weighted by atomic mass is 10.1. The number of carbonyl (C=O) groups is 1. The maximum atomic E-state index is 12.9. The summed E-state index contributed by atoms with van der Waals surface area (Å²) in [6.45, 7) is 4.21. The SMILES string of the molecule is O=C(CCc1nc2sc3c(c2c(=O)[nH]1)CCCCC3)N1CCN(Cc2ccc3c(c2)OCO3)CC1. The molecule has 8 nitrogen and oxygen atoms in total. The second-order valence-corrected chi connectivity index (χ2v) is 10.7. The molecular weight excluding hydrogens is 464 g/mol. The van der Waals surface area contributed by atoms with Crippen LogP contribution in [0.3, 0.4) is 0 Å². The molecule has 1 aliphatic carbocycles. The van der Waals surface area contributed by atoms with Crippen molar-refractivity contribution in [3.05, 3.63) is 50.4 Å². The average molecular weight is 495 g/mol. The second-order valence-electron chi connectivity index (χ2n) is 9.60. The Bertz CT molecular complexity index is 1310. The summed E-state index contributed by atoms with van der Waals surface area (Å²) < 4.78 is 10.9. The number of hydrogen-bond acceptors (Lipinski definition) is 7. The molecule has 184 valence electrons. The van der Waals surface area contributed by atoms with E-state index < -0.39 is 0 Å². The van der Waals surface area contributed by atoms with Gasteiger partial charge in [-0.2, -0.15) is 0 Å². The zero-order valence-electron chi connectivity index (χ0n) is 19.8. The van der Waals surface area contributed by atoms with Gasteiger partial charge in [-0.05, 0) is 48.9 Å². The summed E-state index contributed by atoms with van der Waals surface area (Å²) >= 11 is 1.66. The van der Waals surface area contributed by atoms with Crippen molar-refractivity contribution in [2.75, 3.05) is 33.0 Å². The number of H-pyrrole nitrogens is 1. The molecule has 9 heteroatoms. The van der Waals surface area contributed by atoms with Crippen LogP contribution in [0.1, 0.15) is 47.5 Å². The number of hydrogen-bond donors (Lipinski definition) is 1. The molecule has 3 aromatic rings. The van der Waals surface area contributed by atoms with Gasteiger partial charge in [0, 0.05) is 50.4 Å². The van der Waals surface area contributed by atoms with E-state index in [1.54, 1.807) is 11.3 Å². The van der Waals surface area contributed by atoms with E-state index in [1.165, 1.54) is 28.8 Å². The summed E-state index contributed by atoms with van der Waals surface area (Å²) in [6.07, 6.45) is 6.39. The summed E-state index contributed by atoms with van der Waals surface area (Å²) in [7, 11) is 0. The standard InChI is InChI=1S/C26H30N4O4S/c31-23(30-12-10-29(11-13-30)15-17-6-7-19-20(14-17)34-16-33-19)9-8-22-27-25(32)24-18-4-2-1-3-5-21(18)35-26(24)28-22/h6-7,14H,1-5,8-13,15-16H2,(H,27,28,32). The molecule has 4 heterocycles. The second kappa shape index (κ2) is 9.62. The number of fused-ring (bicyclic) bond motifs is 4. The van der Waals surface area contributed by atoms with Crippen molar-refractivity contribution in [1.82, 2.24) is 19.8 Å². The molecule has 0 atom stereocenters. The van der Waals surface area contributed by atoms with Crippen LogP contribution in [0, 0.1) is 0 Å². The van der Waals surface area contributed by atoms with Gasteiger partial charge in [0.1, 0.15) is 10.7 Å². The first-order chi connectivity index (χ1) is 17.1. The molecule has 0 radical (unpaired) electrons. The number of aryl methyl sites for hydroxylation is 3. The third-order valence-corrected chi connectivity index (χ3v) is 8.45. The van der Waals surface area contributed by atoms with Gasteiger partial charge >= 0.3 is 0 Å². The molecule has 0 saturated carbocycles. The number of benzene rings is 1. The van der Waals surface area contributed by atoms with Crippen molar-refractivity contribution >= 4 is 27.5 Å². The zero-order valence-corrected chi connectivity index (χ0v) is 20.6. The van der Waals surface area contributed by atoms with E-state index in [0.29, 0.717) is 31.8 Å². The molecule has 1 aromatic carbocycles. The number of rotatable bonds is 5. The van der Waals surface area contributed by atoms with Gasteiger partial charge in [-0.1, -0.05) is 12.5 Å². The predicted molar refractivity (Wildman–Crippen MR) is 134 cm³/mol. The molecule has 2 aromatic heterocycles. The van der Waals surface area contributed by atoms with E-state index in [2.05, 4.69) is 16.0 Å². The number of aromatic nitrogens is 2. The van der Waals surface area contributed by atoms with E-state index >= 15 is 0 Å². The van der Waals surface area contributed by atoms with Crippen molar-refractivity contribution in [2.24, 2.45) is 0 Å². The minimum Gasteiger partial charge on any atom is -0.454 e. The Kier molecular flexibility index (Phi) is 6.20. The normalized spacial score (nSPS) is 18.0. The van der Waals surface area contributed by atoms with Gasteiger partial charge < -0.3 is 19.4 Å². The lowest BCUT2D eigenvalue weighted by Gasteiger charge is -2.34. The number of nitrogens with zero attached hydrogens (tertiary/aromatic N) is 3. The minimum atomic E-state index is -0.0472. The Morgan fingerprint density at radius 1 is 1.06 bits per heavy atom. The number of nitrogens with one attached hydrogen (secondary N) is 1. The largest absolute Gasteiger partial charge is 0.454 e. The highest BCUT2D eigenvalue weighted by molar-refractivity contribution is 7.18. The molecule has 0 unspecified atom stereocenters. The molecule has 0 spiro atoms. The van der Waals surface area contributed by atoms with Crippen molar-refractivity contribution in [1.29, 1.82) is 0 Å². The fourth-order valence-electron chi connectivity index (χ4n) is 5.34. The van der Waals surface area contributed by atoms with Gasteiger partial charge in [0.05, 0.1) is 5.39 Å². The van der Waals surface area contributed by atoms with Gasteiger partial charge in [0.15, 0.2) is 11.5 Å². The highest BCUT2D eigenvalue weighted by Gasteiger charge is 2.23. The molecule has 1 N–H and O–H groups in total. The Labute approximate surface area is 207 Å². The molecule has 3 aliphatic rings. The molecule has 6 rings (SSSR count). The van der Waals surface area contributed by atoms with Crippen LogP contribution in [0.15, 0.2) is 23.0 Å². The highest BCUT2D eigenvalue weighted by atomic mass is 32.1. The Hall–Kier alpha value is -2.91. The van der Waals surface area contributed by atoms with Crippen LogP contribution in [0.25, 0.3) is 10.2 Å². The van der Waals surface area contributed by atoms with Crippen molar-refractivity contribution in [2.45, 2.75) is 51.5 Å². The summed E-state index contributed by atoms with van der Waals surface area (Å²) in [4.78, 5) is 39.8. The lowest BCUT2D eigenvalue weighted by Crippen LogP contribution is -2.48. The van der Waals surface area contributed by atoms with E-state index in [4.69, 9.17) is 14.5 Å². The molecule has 1 fully saturated rings. The molecule has 2 aliphatic heterocycles. The first kappa shape index (κ1) is 22.5. The van der Waals surface area contributed by atoms with Crippen LogP contribution in [0.4, 0.5) is 0 Å². The van der Waals surface area contributed by atoms with E-state index in [-0.39, 0.29) is 18.3 Å². The topological polar surface area (TPSA) is 87.8 Å². The number of thiophene rings is 1. The number of ether oxygens (including phenoxy) is 2. The third kappa shape index (κ3) is 4.67. The Balaban J connectivity index is 1.04. The first-order valence-electron chi connectivity index (χ1n) is 12.6. The third-order valence-electron chi connectivity index (χ3n) is 7.27. The summed E-state index contributed by atoms with van der Waals surface area (Å²) in [5, 5.41) is 0.778. The highest BCUT2D eigenvalue weighted by Crippen LogP contribution is 2.34. The summed E-state index contributed by atoms with van der Waals surface area (Å²) in [5.41, 5.74) is 2.34. The number of piperazine rings is 1. The fraction of sp³-hybridized carbons (Fsp3) is 0.500. The average Bonchev–Trinajstić information content (AvgIpc) is 3.40. The van der Waals surface area contributed by atoms with Crippen LogP contribution in [-0.2, 0) is 30.6 Å². The van der Waals surface area contributed by atoms with Gasteiger partial charge in [0.2, 0.25) is 12.7 Å². The van der Waals surface area contributed by atoms with Crippen LogP contribution < -0.4 is 15.0 Å². The number of carbonyl (C=O) groups excluding carboxylic acids is 1. The summed E-state index contributed by atoms with van der Waals surface area (Å²) in [6, 6.07) is 6.07. The predicted octanol–water partition coefficient (Wildman–Crippen LogP) is 3.26. The van der Waals surface area contributed by atoms with Crippen LogP contribution in [0.5, 0.6) is 11.5 Å². The van der Waals surface area contributed by atoms with Crippen LogP contribution in [0.2, 0.25) is 0 Å². The maximum absolute atomic E-state index is 12.9. The van der Waals surface area contributed by atoms with Gasteiger partial charge in [-0.15, -0.1) is 11.3 Å². The van der Waals surface area contributed by atoms with Crippen LogP contribution in [-0.4, -0.2) is 58.6 Å². The molecule has 0 bridgehead atoms. The quantitative estimate of drug-likeness (QED) is 0.548. The molecule has 1 amide bonds. The molecule has 1 saturated heterocycles. The number of aromatic amines is 1. The monoisotopic (exact) mass is 494 g/mol. The molecular formula is C26H30N4O4S. The van der Waals surface area contributed by atoms with Crippen molar-refractivity contribution in [3.63, 3.8) is 0 Å². The first-order valence-corrected chi connectivity index (χ1v) is 13.4. The van der Waals surface area contributed by atoms with E-state index in [9.17, 15) is 9.59 Å². The smallest absolute Gasteiger partial charge is 0.259 e. The zero-order chi connectivity index (χ0) is 23.8. The van der Waals surface area contributed by atoms with Gasteiger partial charge in [-0.3, -0.25) is 14.5 Å². The number of amides is 1. The van der Waals surface area contributed by atoms with Gasteiger partial charge in [-0.25, -0.2) is 4.98 Å². The van der Waals surface area contributed by atoms with E-state index in [1.807, 2.05) is 17.0 Å².